The maximum absolute atomic E-state index is 13.0. The van der Waals surface area contributed by atoms with Crippen LogP contribution in [0.1, 0.15) is 30.1 Å². The lowest BCUT2D eigenvalue weighted by molar-refractivity contribution is 0.580. The minimum Gasteiger partial charge on any atom is -0.286 e. The number of H-pyrrole nitrogens is 2. The normalized spacial score (nSPS) is 16.7. The molecule has 0 amide bonds. The molecular weight excluding hydrogens is 249 g/mol. The van der Waals surface area contributed by atoms with Crippen LogP contribution in [-0.4, -0.2) is 15.2 Å². The molecule has 1 aromatic heterocycles. The van der Waals surface area contributed by atoms with Gasteiger partial charge in [-0.2, -0.15) is 0 Å². The van der Waals surface area contributed by atoms with E-state index in [9.17, 15) is 4.39 Å². The van der Waals surface area contributed by atoms with Crippen LogP contribution < -0.4 is 0 Å². The zero-order valence-corrected chi connectivity index (χ0v) is 10.6. The molecule has 94 valence electrons. The van der Waals surface area contributed by atoms with E-state index in [0.29, 0.717) is 16.6 Å². The van der Waals surface area contributed by atoms with Gasteiger partial charge in [-0.1, -0.05) is 12.1 Å². The van der Waals surface area contributed by atoms with Crippen molar-refractivity contribution in [2.24, 2.45) is 5.92 Å². The van der Waals surface area contributed by atoms with Crippen molar-refractivity contribution in [1.29, 1.82) is 0 Å². The first-order chi connectivity index (χ1) is 8.72. The summed E-state index contributed by atoms with van der Waals surface area (Å²) in [5.41, 5.74) is 1.18. The van der Waals surface area contributed by atoms with Crippen molar-refractivity contribution < 1.29 is 4.39 Å². The van der Waals surface area contributed by atoms with Gasteiger partial charge in [0.15, 0.2) is 0 Å². The molecule has 0 aliphatic heterocycles. The lowest BCUT2D eigenvalue weighted by atomic mass is 9.91. The third-order valence-electron chi connectivity index (χ3n) is 3.45. The van der Waals surface area contributed by atoms with E-state index in [1.165, 1.54) is 30.5 Å². The average Bonchev–Trinajstić information content (AvgIpc) is 3.12. The van der Waals surface area contributed by atoms with Crippen molar-refractivity contribution in [3.8, 4) is 0 Å². The molecule has 0 saturated heterocycles. The topological polar surface area (TPSA) is 44.5 Å². The molecule has 3 rings (SSSR count). The van der Waals surface area contributed by atoms with E-state index in [1.54, 1.807) is 0 Å². The highest BCUT2D eigenvalue weighted by Gasteiger charge is 2.32. The lowest BCUT2D eigenvalue weighted by Gasteiger charge is -2.15. The number of aromatic amines is 2. The van der Waals surface area contributed by atoms with Gasteiger partial charge in [0.1, 0.15) is 11.6 Å². The molecule has 1 aliphatic carbocycles. The average molecular weight is 263 g/mol. The Morgan fingerprint density at radius 1 is 1.28 bits per heavy atom. The second-order valence-corrected chi connectivity index (χ2v) is 5.20. The predicted molar refractivity (Wildman–Crippen MR) is 69.3 cm³/mol. The zero-order valence-electron chi connectivity index (χ0n) is 9.82. The molecule has 2 aromatic rings. The van der Waals surface area contributed by atoms with Gasteiger partial charge >= 0.3 is 0 Å². The number of hydrogen-bond acceptors (Lipinski definition) is 2. The van der Waals surface area contributed by atoms with E-state index in [-0.39, 0.29) is 5.82 Å². The van der Waals surface area contributed by atoms with Gasteiger partial charge in [0.05, 0.1) is 0 Å². The number of rotatable bonds is 4. The molecule has 0 spiro atoms. The van der Waals surface area contributed by atoms with Crippen molar-refractivity contribution in [2.45, 2.75) is 25.2 Å². The molecule has 1 aromatic carbocycles. The highest BCUT2D eigenvalue weighted by molar-refractivity contribution is 7.71. The van der Waals surface area contributed by atoms with E-state index in [4.69, 9.17) is 12.2 Å². The van der Waals surface area contributed by atoms with Crippen molar-refractivity contribution >= 4 is 12.2 Å². The van der Waals surface area contributed by atoms with Gasteiger partial charge in [-0.05, 0) is 54.6 Å². The predicted octanol–water partition coefficient (Wildman–Crippen LogP) is 3.34. The molecular formula is C13H14FN3S. The third kappa shape index (κ3) is 2.51. The van der Waals surface area contributed by atoms with Crippen LogP contribution in [0.2, 0.25) is 0 Å². The van der Waals surface area contributed by atoms with Gasteiger partial charge in [0.2, 0.25) is 4.77 Å². The van der Waals surface area contributed by atoms with E-state index in [0.717, 1.165) is 12.2 Å². The highest BCUT2D eigenvalue weighted by Crippen LogP contribution is 2.43. The molecule has 1 fully saturated rings. The second kappa shape index (κ2) is 4.65. The number of nitrogens with zero attached hydrogens (tertiary/aromatic N) is 1. The number of benzene rings is 1. The number of nitrogens with one attached hydrogen (secondary N) is 2. The summed E-state index contributed by atoms with van der Waals surface area (Å²) in [6.45, 7) is 0. The summed E-state index contributed by atoms with van der Waals surface area (Å²) in [7, 11) is 0. The zero-order chi connectivity index (χ0) is 12.5. The van der Waals surface area contributed by atoms with Crippen LogP contribution in [0.15, 0.2) is 24.3 Å². The maximum Gasteiger partial charge on any atom is 0.213 e. The Hall–Kier alpha value is -1.49. The van der Waals surface area contributed by atoms with Crippen LogP contribution in [0, 0.1) is 16.5 Å². The van der Waals surface area contributed by atoms with Gasteiger partial charge in [0.25, 0.3) is 0 Å². The lowest BCUT2D eigenvalue weighted by Crippen LogP contribution is -2.07. The van der Waals surface area contributed by atoms with E-state index in [1.807, 2.05) is 12.1 Å². The molecule has 18 heavy (non-hydrogen) atoms. The van der Waals surface area contributed by atoms with Gasteiger partial charge in [-0.15, -0.1) is 0 Å². The quantitative estimate of drug-likeness (QED) is 0.831. The van der Waals surface area contributed by atoms with Crippen molar-refractivity contribution in [2.75, 3.05) is 0 Å². The minimum absolute atomic E-state index is 0.188. The summed E-state index contributed by atoms with van der Waals surface area (Å²) < 4.78 is 13.4. The summed E-state index contributed by atoms with van der Waals surface area (Å²) in [6.07, 6.45) is 3.31. The standard InChI is InChI=1S/C13H14FN3S/c14-10-5-3-9(4-6-10)11(8-1-2-8)7-12-15-13(18)17-16-12/h3-6,8,11H,1-2,7H2,(H2,15,16,17,18). The van der Waals surface area contributed by atoms with Crippen molar-refractivity contribution in [3.63, 3.8) is 0 Å². The van der Waals surface area contributed by atoms with Crippen molar-refractivity contribution in [3.05, 3.63) is 46.2 Å². The van der Waals surface area contributed by atoms with Crippen molar-refractivity contribution in [1.82, 2.24) is 15.2 Å². The molecule has 3 nitrogen and oxygen atoms in total. The van der Waals surface area contributed by atoms with Gasteiger partial charge in [0, 0.05) is 6.42 Å². The fourth-order valence-electron chi connectivity index (χ4n) is 2.37. The number of halogens is 1. The fraction of sp³-hybridized carbons (Fsp3) is 0.385. The summed E-state index contributed by atoms with van der Waals surface area (Å²) in [5.74, 6) is 1.78. The molecule has 2 N–H and O–H groups in total. The van der Waals surface area contributed by atoms with E-state index >= 15 is 0 Å². The molecule has 0 radical (unpaired) electrons. The molecule has 1 aliphatic rings. The van der Waals surface area contributed by atoms with E-state index < -0.39 is 0 Å². The second-order valence-electron chi connectivity index (χ2n) is 4.81. The molecule has 1 unspecified atom stereocenters. The SMILES string of the molecule is Fc1ccc(C(Cc2nc(=S)[nH][nH]2)C2CC2)cc1. The first-order valence-electron chi connectivity index (χ1n) is 6.11. The molecule has 1 atom stereocenters. The van der Waals surface area contributed by atoms with E-state index in [2.05, 4.69) is 15.2 Å². The summed E-state index contributed by atoms with van der Waals surface area (Å²) in [6, 6.07) is 6.80. The van der Waals surface area contributed by atoms with Crippen LogP contribution in [0.3, 0.4) is 0 Å². The van der Waals surface area contributed by atoms with Crippen LogP contribution in [0.5, 0.6) is 0 Å². The Balaban J connectivity index is 1.84. The van der Waals surface area contributed by atoms with Crippen LogP contribution in [-0.2, 0) is 6.42 Å². The molecule has 5 heteroatoms. The fourth-order valence-corrected chi connectivity index (χ4v) is 2.54. The Kier molecular flexibility index (Phi) is 2.99. The van der Waals surface area contributed by atoms with Crippen LogP contribution >= 0.6 is 12.2 Å². The Labute approximate surface area is 109 Å². The Bertz CT molecular complexity index is 583. The maximum atomic E-state index is 13.0. The van der Waals surface area contributed by atoms with Gasteiger partial charge in [-0.25, -0.2) is 9.37 Å². The third-order valence-corrected chi connectivity index (χ3v) is 3.65. The Morgan fingerprint density at radius 2 is 2.00 bits per heavy atom. The van der Waals surface area contributed by atoms with Gasteiger partial charge in [-0.3, -0.25) is 10.2 Å². The molecule has 0 bridgehead atoms. The summed E-state index contributed by atoms with van der Waals surface area (Å²) in [4.78, 5) is 4.23. The minimum atomic E-state index is -0.188. The van der Waals surface area contributed by atoms with Gasteiger partial charge < -0.3 is 0 Å². The molecule has 1 saturated carbocycles. The summed E-state index contributed by atoms with van der Waals surface area (Å²) >= 11 is 4.95. The number of hydrogen-bond donors (Lipinski definition) is 2. The highest BCUT2D eigenvalue weighted by atomic mass is 32.1. The monoisotopic (exact) mass is 263 g/mol. The summed E-state index contributed by atoms with van der Waals surface area (Å²) in [5, 5.41) is 5.80. The first-order valence-corrected chi connectivity index (χ1v) is 6.52. The van der Waals surface area contributed by atoms with Crippen LogP contribution in [0.4, 0.5) is 4.39 Å². The first kappa shape index (κ1) is 11.6. The Morgan fingerprint density at radius 3 is 2.56 bits per heavy atom. The molecule has 1 heterocycles. The number of aromatic nitrogens is 3. The van der Waals surface area contributed by atoms with Crippen LogP contribution in [0.25, 0.3) is 0 Å². The smallest absolute Gasteiger partial charge is 0.213 e. The largest absolute Gasteiger partial charge is 0.286 e.